The minimum atomic E-state index is 0.910. The van der Waals surface area contributed by atoms with Gasteiger partial charge in [-0.1, -0.05) is 0 Å². The van der Waals surface area contributed by atoms with Crippen LogP contribution in [0.3, 0.4) is 0 Å². The van der Waals surface area contributed by atoms with E-state index in [9.17, 15) is 0 Å². The van der Waals surface area contributed by atoms with Crippen LogP contribution >= 0.6 is 15.9 Å². The van der Waals surface area contributed by atoms with Crippen LogP contribution in [0.1, 0.15) is 17.1 Å². The Hall–Kier alpha value is -1.55. The van der Waals surface area contributed by atoms with E-state index < -0.39 is 0 Å². The van der Waals surface area contributed by atoms with Crippen LogP contribution in [0.2, 0.25) is 0 Å². The lowest BCUT2D eigenvalue weighted by atomic mass is 10.2. The lowest BCUT2D eigenvalue weighted by Gasteiger charge is -1.97. The molecular weight excluding hydrogens is 292 g/mol. The fourth-order valence-electron chi connectivity index (χ4n) is 2.24. The van der Waals surface area contributed by atoms with Crippen molar-refractivity contribution in [2.24, 2.45) is 0 Å². The van der Waals surface area contributed by atoms with Gasteiger partial charge in [-0.15, -0.1) is 0 Å². The highest BCUT2D eigenvalue weighted by atomic mass is 79.9. The molecule has 0 saturated heterocycles. The second-order valence-corrected chi connectivity index (χ2v) is 5.44. The van der Waals surface area contributed by atoms with Crippen LogP contribution < -0.4 is 0 Å². The number of nitrogens with zero attached hydrogens (tertiary/aromatic N) is 2. The highest BCUT2D eigenvalue weighted by molar-refractivity contribution is 9.10. The molecule has 3 aromatic rings. The molecule has 0 spiro atoms. The van der Waals surface area contributed by atoms with E-state index in [1.807, 2.05) is 36.7 Å². The maximum absolute atomic E-state index is 5.56. The Kier molecular flexibility index (Phi) is 2.55. The first kappa shape index (κ1) is 11.5. The van der Waals surface area contributed by atoms with Crippen LogP contribution in [-0.2, 0) is 0 Å². The Balaban J connectivity index is 2.25. The van der Waals surface area contributed by atoms with Gasteiger partial charge < -0.3 is 8.82 Å². The highest BCUT2D eigenvalue weighted by Gasteiger charge is 2.12. The second-order valence-electron chi connectivity index (χ2n) is 4.53. The lowest BCUT2D eigenvalue weighted by Crippen LogP contribution is -1.86. The molecule has 0 amide bonds. The fraction of sp³-hybridized carbons (Fsp3) is 0.214. The molecule has 4 heteroatoms. The van der Waals surface area contributed by atoms with Crippen molar-refractivity contribution in [1.29, 1.82) is 0 Å². The van der Waals surface area contributed by atoms with Gasteiger partial charge in [0.15, 0.2) is 0 Å². The van der Waals surface area contributed by atoms with E-state index in [4.69, 9.17) is 4.42 Å². The first-order valence-electron chi connectivity index (χ1n) is 5.77. The van der Waals surface area contributed by atoms with Gasteiger partial charge in [-0.05, 0) is 54.4 Å². The average molecular weight is 305 g/mol. The topological polar surface area (TPSA) is 30.4 Å². The van der Waals surface area contributed by atoms with Gasteiger partial charge >= 0.3 is 0 Å². The van der Waals surface area contributed by atoms with Crippen molar-refractivity contribution in [3.8, 4) is 11.3 Å². The van der Waals surface area contributed by atoms with Gasteiger partial charge in [0.05, 0.1) is 5.69 Å². The SMILES string of the molecule is Cc1cc(-c2cn3cc(Br)cc(C)c3n2)c(C)o1. The van der Waals surface area contributed by atoms with Crippen molar-refractivity contribution >= 4 is 21.6 Å². The zero-order chi connectivity index (χ0) is 12.9. The number of furan rings is 1. The molecule has 0 saturated carbocycles. The molecule has 0 atom stereocenters. The van der Waals surface area contributed by atoms with E-state index in [1.165, 1.54) is 0 Å². The summed E-state index contributed by atoms with van der Waals surface area (Å²) in [4.78, 5) is 4.68. The average Bonchev–Trinajstić information content (AvgIpc) is 2.81. The van der Waals surface area contributed by atoms with E-state index in [0.29, 0.717) is 0 Å². The normalized spacial score (nSPS) is 11.3. The second kappa shape index (κ2) is 3.99. The molecule has 92 valence electrons. The molecule has 0 aliphatic rings. The zero-order valence-corrected chi connectivity index (χ0v) is 12.1. The fourth-order valence-corrected chi connectivity index (χ4v) is 2.80. The Morgan fingerprint density at radius 2 is 1.94 bits per heavy atom. The van der Waals surface area contributed by atoms with Crippen molar-refractivity contribution in [3.63, 3.8) is 0 Å². The standard InChI is InChI=1S/C14H13BrN2O/c1-8-4-11(15)6-17-7-13(16-14(8)17)12-5-9(2)18-10(12)3/h4-7H,1-3H3. The van der Waals surface area contributed by atoms with Crippen molar-refractivity contribution in [2.45, 2.75) is 20.8 Å². The lowest BCUT2D eigenvalue weighted by molar-refractivity contribution is 0.505. The number of imidazole rings is 1. The summed E-state index contributed by atoms with van der Waals surface area (Å²) < 4.78 is 8.65. The highest BCUT2D eigenvalue weighted by Crippen LogP contribution is 2.27. The van der Waals surface area contributed by atoms with Gasteiger partial charge in [0, 0.05) is 22.4 Å². The summed E-state index contributed by atoms with van der Waals surface area (Å²) in [5.74, 6) is 1.82. The van der Waals surface area contributed by atoms with E-state index in [0.717, 1.165) is 38.5 Å². The summed E-state index contributed by atoms with van der Waals surface area (Å²) in [6.45, 7) is 5.98. The van der Waals surface area contributed by atoms with E-state index >= 15 is 0 Å². The smallest absolute Gasteiger partial charge is 0.140 e. The van der Waals surface area contributed by atoms with E-state index in [1.54, 1.807) is 0 Å². The molecule has 0 bridgehead atoms. The molecule has 0 aliphatic heterocycles. The molecule has 0 aromatic carbocycles. The van der Waals surface area contributed by atoms with Gasteiger partial charge in [0.1, 0.15) is 17.2 Å². The number of pyridine rings is 1. The first-order chi connectivity index (χ1) is 8.54. The number of hydrogen-bond donors (Lipinski definition) is 0. The Labute approximate surface area is 114 Å². The van der Waals surface area contributed by atoms with Gasteiger partial charge in [0.25, 0.3) is 0 Å². The third-order valence-electron chi connectivity index (χ3n) is 3.02. The zero-order valence-electron chi connectivity index (χ0n) is 10.5. The van der Waals surface area contributed by atoms with Gasteiger partial charge in [0.2, 0.25) is 0 Å². The maximum Gasteiger partial charge on any atom is 0.140 e. The third kappa shape index (κ3) is 1.77. The Morgan fingerprint density at radius 3 is 2.61 bits per heavy atom. The van der Waals surface area contributed by atoms with Crippen LogP contribution in [0, 0.1) is 20.8 Å². The molecule has 0 aliphatic carbocycles. The predicted molar refractivity (Wildman–Crippen MR) is 74.8 cm³/mol. The Bertz CT molecular complexity index is 740. The molecule has 3 rings (SSSR count). The number of hydrogen-bond acceptors (Lipinski definition) is 2. The summed E-state index contributed by atoms with van der Waals surface area (Å²) in [5.41, 5.74) is 4.14. The van der Waals surface area contributed by atoms with Crippen LogP contribution in [-0.4, -0.2) is 9.38 Å². The quantitative estimate of drug-likeness (QED) is 0.671. The summed E-state index contributed by atoms with van der Waals surface area (Å²) in [5, 5.41) is 0. The minimum Gasteiger partial charge on any atom is -0.466 e. The first-order valence-corrected chi connectivity index (χ1v) is 6.56. The third-order valence-corrected chi connectivity index (χ3v) is 3.45. The summed E-state index contributed by atoms with van der Waals surface area (Å²) in [7, 11) is 0. The number of fused-ring (bicyclic) bond motifs is 1. The molecule has 3 nitrogen and oxygen atoms in total. The summed E-state index contributed by atoms with van der Waals surface area (Å²) in [6.07, 6.45) is 4.05. The van der Waals surface area contributed by atoms with E-state index in [2.05, 4.69) is 33.9 Å². The van der Waals surface area contributed by atoms with Gasteiger partial charge in [-0.2, -0.15) is 0 Å². The number of aromatic nitrogens is 2. The van der Waals surface area contributed by atoms with Crippen LogP contribution in [0.4, 0.5) is 0 Å². The molecule has 3 aromatic heterocycles. The van der Waals surface area contributed by atoms with Crippen LogP contribution in [0.5, 0.6) is 0 Å². The van der Waals surface area contributed by atoms with E-state index in [-0.39, 0.29) is 0 Å². The van der Waals surface area contributed by atoms with Crippen LogP contribution in [0.15, 0.2) is 33.4 Å². The van der Waals surface area contributed by atoms with Crippen molar-refractivity contribution in [1.82, 2.24) is 9.38 Å². The van der Waals surface area contributed by atoms with Gasteiger partial charge in [-0.25, -0.2) is 4.98 Å². The monoisotopic (exact) mass is 304 g/mol. The largest absolute Gasteiger partial charge is 0.466 e. The summed E-state index contributed by atoms with van der Waals surface area (Å²) >= 11 is 3.50. The summed E-state index contributed by atoms with van der Waals surface area (Å²) in [6, 6.07) is 4.10. The molecular formula is C14H13BrN2O. The van der Waals surface area contributed by atoms with Crippen molar-refractivity contribution in [2.75, 3.05) is 0 Å². The molecule has 0 N–H and O–H groups in total. The molecule has 0 fully saturated rings. The predicted octanol–water partition coefficient (Wildman–Crippen LogP) is 4.28. The van der Waals surface area contributed by atoms with Crippen molar-refractivity contribution < 1.29 is 4.42 Å². The minimum absolute atomic E-state index is 0.910. The maximum atomic E-state index is 5.56. The number of rotatable bonds is 1. The Morgan fingerprint density at radius 1 is 1.17 bits per heavy atom. The van der Waals surface area contributed by atoms with Crippen molar-refractivity contribution in [3.05, 3.63) is 46.1 Å². The molecule has 18 heavy (non-hydrogen) atoms. The number of halogens is 1. The van der Waals surface area contributed by atoms with Crippen LogP contribution in [0.25, 0.3) is 16.9 Å². The molecule has 3 heterocycles. The number of aryl methyl sites for hydroxylation is 3. The van der Waals surface area contributed by atoms with Gasteiger partial charge in [-0.3, -0.25) is 0 Å². The molecule has 0 radical (unpaired) electrons. The molecule has 0 unspecified atom stereocenters.